The maximum atomic E-state index is 12.7. The van der Waals surface area contributed by atoms with Gasteiger partial charge < -0.3 is 25.0 Å². The molecule has 10 nitrogen and oxygen atoms in total. The zero-order valence-electron chi connectivity index (χ0n) is 15.3. The Labute approximate surface area is 155 Å². The van der Waals surface area contributed by atoms with Gasteiger partial charge in [0.25, 0.3) is 17.9 Å². The average Bonchev–Trinajstić information content (AvgIpc) is 2.62. The second-order valence-electron chi connectivity index (χ2n) is 6.88. The van der Waals surface area contributed by atoms with Crippen LogP contribution in [0.1, 0.15) is 35.4 Å². The smallest absolute Gasteiger partial charge is 0.311 e. The number of carbonyl (C=O) groups excluding carboxylic acids is 1. The quantitative estimate of drug-likeness (QED) is 0.598. The van der Waals surface area contributed by atoms with Gasteiger partial charge in [0, 0.05) is 25.3 Å². The highest BCUT2D eigenvalue weighted by atomic mass is 16.4. The van der Waals surface area contributed by atoms with Crippen molar-refractivity contribution in [2.24, 2.45) is 5.41 Å². The molecule has 1 aromatic rings. The number of aryl methyl sites for hydroxylation is 1. The number of amides is 1. The van der Waals surface area contributed by atoms with Crippen molar-refractivity contribution >= 4 is 18.3 Å². The fraction of sp³-hybridized carbons (Fsp3) is 0.588. The maximum Gasteiger partial charge on any atom is 0.311 e. The Bertz CT molecular complexity index is 779. The van der Waals surface area contributed by atoms with Crippen molar-refractivity contribution in [2.45, 2.75) is 32.2 Å². The van der Waals surface area contributed by atoms with Gasteiger partial charge in [0.15, 0.2) is 0 Å². The van der Waals surface area contributed by atoms with Crippen LogP contribution in [0.15, 0.2) is 11.0 Å². The molecule has 2 aliphatic rings. The lowest BCUT2D eigenvalue weighted by atomic mass is 9.68. The van der Waals surface area contributed by atoms with Crippen LogP contribution in [0, 0.1) is 12.3 Å². The highest BCUT2D eigenvalue weighted by molar-refractivity contribution is 5.94. The molecule has 0 unspecified atom stereocenters. The molecular weight excluding hydrogens is 356 g/mol. The zero-order valence-corrected chi connectivity index (χ0v) is 15.3. The van der Waals surface area contributed by atoms with Crippen LogP contribution in [0.3, 0.4) is 0 Å². The third-order valence-corrected chi connectivity index (χ3v) is 5.39. The lowest BCUT2D eigenvalue weighted by Gasteiger charge is -2.51. The van der Waals surface area contributed by atoms with E-state index in [-0.39, 0.29) is 24.0 Å². The summed E-state index contributed by atoms with van der Waals surface area (Å²) in [5.41, 5.74) is -1.26. The number of piperidine rings is 2. The molecule has 1 amide bonds. The van der Waals surface area contributed by atoms with Crippen LogP contribution in [-0.2, 0) is 9.59 Å². The number of aliphatic carboxylic acids is 1. The number of fused-ring (bicyclic) bond motifs is 1. The molecule has 0 bridgehead atoms. The van der Waals surface area contributed by atoms with Crippen molar-refractivity contribution in [3.63, 3.8) is 0 Å². The first-order valence-electron chi connectivity index (χ1n) is 8.63. The molecule has 3 rings (SSSR count). The van der Waals surface area contributed by atoms with Gasteiger partial charge in [-0.3, -0.25) is 19.2 Å². The molecule has 0 saturated carbocycles. The number of aromatic nitrogens is 2. The zero-order chi connectivity index (χ0) is 20.2. The summed E-state index contributed by atoms with van der Waals surface area (Å²) in [5.74, 6) is -0.727. The van der Waals surface area contributed by atoms with E-state index < -0.39 is 16.9 Å². The molecule has 0 spiro atoms. The Morgan fingerprint density at radius 2 is 2.04 bits per heavy atom. The van der Waals surface area contributed by atoms with Crippen LogP contribution >= 0.6 is 0 Å². The summed E-state index contributed by atoms with van der Waals surface area (Å²) >= 11 is 0. The molecule has 2 aliphatic heterocycles. The maximum absolute atomic E-state index is 12.7. The van der Waals surface area contributed by atoms with E-state index >= 15 is 0 Å². The van der Waals surface area contributed by atoms with Crippen molar-refractivity contribution in [3.05, 3.63) is 27.9 Å². The number of aromatic amines is 1. The number of nitrogens with zero attached hydrogens (tertiary/aromatic N) is 3. The van der Waals surface area contributed by atoms with Gasteiger partial charge in [-0.05, 0) is 39.8 Å². The van der Waals surface area contributed by atoms with Crippen LogP contribution in [0.2, 0.25) is 0 Å². The summed E-state index contributed by atoms with van der Waals surface area (Å²) in [6, 6.07) is -0.237. The molecule has 2 atom stereocenters. The van der Waals surface area contributed by atoms with E-state index in [1.165, 1.54) is 6.20 Å². The van der Waals surface area contributed by atoms with Gasteiger partial charge in [0.05, 0.1) is 5.41 Å². The molecule has 148 valence electrons. The molecule has 0 aromatic carbocycles. The predicted molar refractivity (Wildman–Crippen MR) is 94.5 cm³/mol. The van der Waals surface area contributed by atoms with Crippen molar-refractivity contribution < 1.29 is 24.6 Å². The van der Waals surface area contributed by atoms with Crippen molar-refractivity contribution in [2.75, 3.05) is 26.7 Å². The van der Waals surface area contributed by atoms with E-state index in [2.05, 4.69) is 9.97 Å². The third kappa shape index (κ3) is 4.00. The fourth-order valence-corrected chi connectivity index (χ4v) is 3.98. The molecule has 3 N–H and O–H groups in total. The Morgan fingerprint density at radius 1 is 1.37 bits per heavy atom. The van der Waals surface area contributed by atoms with E-state index in [0.29, 0.717) is 31.8 Å². The van der Waals surface area contributed by atoms with E-state index in [9.17, 15) is 19.5 Å². The largest absolute Gasteiger partial charge is 0.483 e. The second-order valence-corrected chi connectivity index (χ2v) is 6.88. The second kappa shape index (κ2) is 8.30. The molecule has 1 aromatic heterocycles. The highest BCUT2D eigenvalue weighted by Crippen LogP contribution is 2.42. The van der Waals surface area contributed by atoms with Gasteiger partial charge in [-0.25, -0.2) is 4.98 Å². The minimum atomic E-state index is -0.804. The van der Waals surface area contributed by atoms with Crippen molar-refractivity contribution in [3.8, 4) is 0 Å². The normalized spacial score (nSPS) is 25.0. The number of hydrogen-bond donors (Lipinski definition) is 3. The number of rotatable bonds is 2. The Balaban J connectivity index is 0.000000817. The lowest BCUT2D eigenvalue weighted by Crippen LogP contribution is -2.63. The van der Waals surface area contributed by atoms with E-state index in [1.54, 1.807) is 11.8 Å². The summed E-state index contributed by atoms with van der Waals surface area (Å²) in [7, 11) is 1.90. The fourth-order valence-electron chi connectivity index (χ4n) is 3.98. The average molecular weight is 380 g/mol. The number of carboxylic acid groups (broad SMARTS) is 2. The molecule has 0 radical (unpaired) electrons. The number of H-pyrrole nitrogens is 1. The Hall–Kier alpha value is -2.75. The van der Waals surface area contributed by atoms with Gasteiger partial charge in [0.1, 0.15) is 11.4 Å². The van der Waals surface area contributed by atoms with E-state index in [4.69, 9.17) is 9.90 Å². The summed E-state index contributed by atoms with van der Waals surface area (Å²) in [6.45, 7) is 2.86. The van der Waals surface area contributed by atoms with Gasteiger partial charge in [-0.1, -0.05) is 0 Å². The van der Waals surface area contributed by atoms with Crippen molar-refractivity contribution in [1.82, 2.24) is 19.8 Å². The predicted octanol–water partition coefficient (Wildman–Crippen LogP) is -0.210. The number of hydrogen-bond acceptors (Lipinski definition) is 6. The van der Waals surface area contributed by atoms with E-state index in [1.807, 2.05) is 11.9 Å². The molecule has 3 heterocycles. The minimum absolute atomic E-state index is 0.00175. The van der Waals surface area contributed by atoms with Crippen molar-refractivity contribution in [1.29, 1.82) is 0 Å². The standard InChI is InChI=1S/C16H22N4O4.CH2O2/c1-10-17-8-11(13(21)18-10)14(22)20-7-5-16(15(23)24)4-3-6-19(2)12(16)9-20;2-1-3/h8,12H,3-7,9H2,1-2H3,(H,23,24)(H,17,18,21);1H,(H,2,3)/t12-,16+;/m1./s1. The van der Waals surface area contributed by atoms with Gasteiger partial charge in [-0.15, -0.1) is 0 Å². The molecular formula is C17H24N4O6. The first kappa shape index (κ1) is 20.6. The Kier molecular flexibility index (Phi) is 6.32. The molecule has 0 aliphatic carbocycles. The van der Waals surface area contributed by atoms with Crippen LogP contribution in [-0.4, -0.2) is 81.1 Å². The number of likely N-dealkylation sites (tertiary alicyclic amines) is 2. The number of carboxylic acids is 1. The summed E-state index contributed by atoms with van der Waals surface area (Å²) in [4.78, 5) is 55.1. The minimum Gasteiger partial charge on any atom is -0.483 e. The molecule has 27 heavy (non-hydrogen) atoms. The topological polar surface area (TPSA) is 144 Å². The van der Waals surface area contributed by atoms with Crippen LogP contribution in [0.5, 0.6) is 0 Å². The number of nitrogens with one attached hydrogen (secondary N) is 1. The third-order valence-electron chi connectivity index (χ3n) is 5.39. The first-order valence-corrected chi connectivity index (χ1v) is 8.63. The van der Waals surface area contributed by atoms with Gasteiger partial charge >= 0.3 is 5.97 Å². The number of likely N-dealkylation sites (N-methyl/N-ethyl adjacent to an activating group) is 1. The molecule has 10 heteroatoms. The van der Waals surface area contributed by atoms with E-state index in [0.717, 1.165) is 13.0 Å². The SMILES string of the molecule is Cc1ncc(C(=O)N2CC[C@@]3(C(=O)O)CCCN(C)[C@@H]3C2)c(=O)[nH]1.O=CO. The molecule has 2 saturated heterocycles. The summed E-state index contributed by atoms with van der Waals surface area (Å²) in [5, 5.41) is 16.7. The highest BCUT2D eigenvalue weighted by Gasteiger charge is 2.52. The monoisotopic (exact) mass is 380 g/mol. The van der Waals surface area contributed by atoms with Crippen LogP contribution in [0.4, 0.5) is 0 Å². The van der Waals surface area contributed by atoms with Gasteiger partial charge in [0.2, 0.25) is 0 Å². The lowest BCUT2D eigenvalue weighted by molar-refractivity contribution is -0.161. The van der Waals surface area contributed by atoms with Crippen LogP contribution < -0.4 is 5.56 Å². The first-order chi connectivity index (χ1) is 12.8. The molecule has 2 fully saturated rings. The Morgan fingerprint density at radius 3 is 2.63 bits per heavy atom. The van der Waals surface area contributed by atoms with Crippen LogP contribution in [0.25, 0.3) is 0 Å². The number of carbonyl (C=O) groups is 3. The summed E-state index contributed by atoms with van der Waals surface area (Å²) < 4.78 is 0. The van der Waals surface area contributed by atoms with Gasteiger partial charge in [-0.2, -0.15) is 0 Å². The summed E-state index contributed by atoms with van der Waals surface area (Å²) in [6.07, 6.45) is 3.17.